The molecular formula is C18H37N3O2. The lowest BCUT2D eigenvalue weighted by Gasteiger charge is -2.25. The SMILES string of the molecule is CCCN1CCCN(CCCCN(C)C(=O)OC(C)(C)C)CC1. The fourth-order valence-corrected chi connectivity index (χ4v) is 2.90. The summed E-state index contributed by atoms with van der Waals surface area (Å²) in [7, 11) is 1.82. The van der Waals surface area contributed by atoms with Crippen molar-refractivity contribution < 1.29 is 9.53 Å². The van der Waals surface area contributed by atoms with Crippen LogP contribution in [0.5, 0.6) is 0 Å². The number of hydrogen-bond donors (Lipinski definition) is 0. The van der Waals surface area contributed by atoms with E-state index in [9.17, 15) is 4.79 Å². The standard InChI is InChI=1S/C18H37N3O2/c1-6-10-20-13-9-14-21(16-15-20)12-8-7-11-19(5)17(22)23-18(2,3)4/h6-16H2,1-5H3. The van der Waals surface area contributed by atoms with E-state index in [0.717, 1.165) is 25.9 Å². The summed E-state index contributed by atoms with van der Waals surface area (Å²) in [6, 6.07) is 0. The maximum Gasteiger partial charge on any atom is 0.410 e. The predicted octanol–water partition coefficient (Wildman–Crippen LogP) is 3.05. The normalized spacial score (nSPS) is 17.8. The number of ether oxygens (including phenoxy) is 1. The minimum Gasteiger partial charge on any atom is -0.444 e. The van der Waals surface area contributed by atoms with Crippen molar-refractivity contribution in [2.24, 2.45) is 0 Å². The van der Waals surface area contributed by atoms with Crippen molar-refractivity contribution in [1.29, 1.82) is 0 Å². The second-order valence-electron chi connectivity index (χ2n) is 7.65. The minimum absolute atomic E-state index is 0.220. The molecule has 136 valence electrons. The van der Waals surface area contributed by atoms with Crippen LogP contribution in [0.1, 0.15) is 53.4 Å². The number of carbonyl (C=O) groups excluding carboxylic acids is 1. The van der Waals surface area contributed by atoms with Crippen molar-refractivity contribution in [3.05, 3.63) is 0 Å². The maximum atomic E-state index is 11.9. The molecule has 0 aromatic rings. The Morgan fingerprint density at radius 1 is 1.04 bits per heavy atom. The third kappa shape index (κ3) is 9.16. The Morgan fingerprint density at radius 2 is 1.65 bits per heavy atom. The molecule has 0 radical (unpaired) electrons. The van der Waals surface area contributed by atoms with E-state index < -0.39 is 5.60 Å². The highest BCUT2D eigenvalue weighted by Crippen LogP contribution is 2.10. The lowest BCUT2D eigenvalue weighted by Crippen LogP contribution is -2.35. The van der Waals surface area contributed by atoms with Gasteiger partial charge in [-0.15, -0.1) is 0 Å². The molecule has 1 amide bonds. The molecule has 1 heterocycles. The Labute approximate surface area is 142 Å². The smallest absolute Gasteiger partial charge is 0.410 e. The monoisotopic (exact) mass is 327 g/mol. The predicted molar refractivity (Wildman–Crippen MR) is 95.9 cm³/mol. The fraction of sp³-hybridized carbons (Fsp3) is 0.944. The first kappa shape index (κ1) is 20.2. The van der Waals surface area contributed by atoms with Crippen LogP contribution in [0.4, 0.5) is 4.79 Å². The molecule has 0 aromatic carbocycles. The van der Waals surface area contributed by atoms with Gasteiger partial charge >= 0.3 is 6.09 Å². The molecule has 1 saturated heterocycles. The minimum atomic E-state index is -0.415. The van der Waals surface area contributed by atoms with Crippen LogP contribution in [0.15, 0.2) is 0 Å². The maximum absolute atomic E-state index is 11.9. The Bertz CT molecular complexity index is 342. The number of amides is 1. The Kier molecular flexibility index (Phi) is 8.92. The van der Waals surface area contributed by atoms with Gasteiger partial charge in [0.15, 0.2) is 0 Å². The fourth-order valence-electron chi connectivity index (χ4n) is 2.90. The molecule has 5 heteroatoms. The van der Waals surface area contributed by atoms with Gasteiger partial charge in [-0.25, -0.2) is 4.79 Å². The van der Waals surface area contributed by atoms with Crippen molar-refractivity contribution in [1.82, 2.24) is 14.7 Å². The van der Waals surface area contributed by atoms with E-state index >= 15 is 0 Å². The van der Waals surface area contributed by atoms with Crippen molar-refractivity contribution in [3.8, 4) is 0 Å². The third-order valence-electron chi connectivity index (χ3n) is 4.14. The van der Waals surface area contributed by atoms with E-state index in [1.54, 1.807) is 4.90 Å². The van der Waals surface area contributed by atoms with Crippen molar-refractivity contribution in [3.63, 3.8) is 0 Å². The molecule has 23 heavy (non-hydrogen) atoms. The lowest BCUT2D eigenvalue weighted by molar-refractivity contribution is 0.0295. The zero-order valence-electron chi connectivity index (χ0n) is 15.9. The number of unbranched alkanes of at least 4 members (excludes halogenated alkanes) is 1. The highest BCUT2D eigenvalue weighted by Gasteiger charge is 2.19. The van der Waals surface area contributed by atoms with Crippen LogP contribution in [0.2, 0.25) is 0 Å². The average Bonchev–Trinajstić information content (AvgIpc) is 2.67. The van der Waals surface area contributed by atoms with Gasteiger partial charge in [0.2, 0.25) is 0 Å². The summed E-state index contributed by atoms with van der Waals surface area (Å²) in [5, 5.41) is 0. The van der Waals surface area contributed by atoms with Gasteiger partial charge in [0.05, 0.1) is 0 Å². The topological polar surface area (TPSA) is 36.0 Å². The quantitative estimate of drug-likeness (QED) is 0.673. The molecule has 0 aromatic heterocycles. The highest BCUT2D eigenvalue weighted by atomic mass is 16.6. The largest absolute Gasteiger partial charge is 0.444 e. The molecule has 0 unspecified atom stereocenters. The molecule has 1 aliphatic rings. The molecule has 0 spiro atoms. The van der Waals surface area contributed by atoms with Crippen LogP contribution in [-0.2, 0) is 4.74 Å². The summed E-state index contributed by atoms with van der Waals surface area (Å²) < 4.78 is 5.37. The summed E-state index contributed by atoms with van der Waals surface area (Å²) in [6.07, 6.45) is 4.48. The lowest BCUT2D eigenvalue weighted by atomic mass is 10.2. The van der Waals surface area contributed by atoms with E-state index in [2.05, 4.69) is 16.7 Å². The van der Waals surface area contributed by atoms with Crippen molar-refractivity contribution >= 4 is 6.09 Å². The molecule has 0 atom stereocenters. The van der Waals surface area contributed by atoms with Gasteiger partial charge in [-0.05, 0) is 72.6 Å². The summed E-state index contributed by atoms with van der Waals surface area (Å²) in [5.74, 6) is 0. The van der Waals surface area contributed by atoms with E-state index in [1.165, 1.54) is 45.6 Å². The van der Waals surface area contributed by atoms with E-state index in [-0.39, 0.29) is 6.09 Å². The van der Waals surface area contributed by atoms with Crippen LogP contribution in [0.25, 0.3) is 0 Å². The number of hydrogen-bond acceptors (Lipinski definition) is 4. The molecule has 0 saturated carbocycles. The highest BCUT2D eigenvalue weighted by molar-refractivity contribution is 5.67. The number of rotatable bonds is 7. The summed E-state index contributed by atoms with van der Waals surface area (Å²) in [6.45, 7) is 15.9. The van der Waals surface area contributed by atoms with E-state index in [0.29, 0.717) is 0 Å². The van der Waals surface area contributed by atoms with Crippen LogP contribution in [0, 0.1) is 0 Å². The molecule has 5 nitrogen and oxygen atoms in total. The molecule has 1 aliphatic heterocycles. The Balaban J connectivity index is 2.15. The van der Waals surface area contributed by atoms with Crippen molar-refractivity contribution in [2.45, 2.75) is 59.0 Å². The van der Waals surface area contributed by atoms with Crippen LogP contribution in [-0.4, -0.2) is 79.3 Å². The molecular weight excluding hydrogens is 290 g/mol. The van der Waals surface area contributed by atoms with Gasteiger partial charge in [0.25, 0.3) is 0 Å². The Hall–Kier alpha value is -0.810. The first-order valence-electron chi connectivity index (χ1n) is 9.20. The van der Waals surface area contributed by atoms with Gasteiger partial charge in [-0.3, -0.25) is 0 Å². The number of carbonyl (C=O) groups is 1. The zero-order valence-corrected chi connectivity index (χ0v) is 15.9. The van der Waals surface area contributed by atoms with Crippen molar-refractivity contribution in [2.75, 3.05) is 52.9 Å². The summed E-state index contributed by atoms with van der Waals surface area (Å²) in [5.41, 5.74) is -0.415. The molecule has 0 bridgehead atoms. The molecule has 1 rings (SSSR count). The second-order valence-corrected chi connectivity index (χ2v) is 7.65. The van der Waals surface area contributed by atoms with Crippen LogP contribution >= 0.6 is 0 Å². The van der Waals surface area contributed by atoms with Crippen LogP contribution < -0.4 is 0 Å². The molecule has 1 fully saturated rings. The summed E-state index contributed by atoms with van der Waals surface area (Å²) in [4.78, 5) is 18.7. The second kappa shape index (κ2) is 10.1. The molecule has 0 N–H and O–H groups in total. The van der Waals surface area contributed by atoms with Gasteiger partial charge in [-0.1, -0.05) is 6.92 Å². The van der Waals surface area contributed by atoms with Gasteiger partial charge in [0.1, 0.15) is 5.60 Å². The van der Waals surface area contributed by atoms with Gasteiger partial charge in [0, 0.05) is 26.7 Å². The third-order valence-corrected chi connectivity index (χ3v) is 4.14. The van der Waals surface area contributed by atoms with E-state index in [1.807, 2.05) is 27.8 Å². The zero-order chi connectivity index (χ0) is 17.3. The molecule has 0 aliphatic carbocycles. The van der Waals surface area contributed by atoms with Gasteiger partial charge in [-0.2, -0.15) is 0 Å². The average molecular weight is 328 g/mol. The van der Waals surface area contributed by atoms with E-state index in [4.69, 9.17) is 4.74 Å². The Morgan fingerprint density at radius 3 is 2.22 bits per heavy atom. The van der Waals surface area contributed by atoms with Gasteiger partial charge < -0.3 is 19.4 Å². The first-order chi connectivity index (χ1) is 10.8. The number of nitrogens with zero attached hydrogens (tertiary/aromatic N) is 3. The summed E-state index contributed by atoms with van der Waals surface area (Å²) >= 11 is 0. The first-order valence-corrected chi connectivity index (χ1v) is 9.20. The van der Waals surface area contributed by atoms with Crippen LogP contribution in [0.3, 0.4) is 0 Å².